The van der Waals surface area contributed by atoms with Gasteiger partial charge in [-0.1, -0.05) is 35.0 Å². The summed E-state index contributed by atoms with van der Waals surface area (Å²) in [6.45, 7) is 4.37. The highest BCUT2D eigenvalue weighted by Crippen LogP contribution is 2.23. The molecule has 2 atom stereocenters. The number of carbonyl (C=O) groups excluding carboxylic acids is 2. The van der Waals surface area contributed by atoms with E-state index in [1.54, 1.807) is 11.0 Å². The van der Waals surface area contributed by atoms with Crippen molar-refractivity contribution in [1.82, 2.24) is 15.4 Å². The third kappa shape index (κ3) is 4.67. The zero-order chi connectivity index (χ0) is 20.2. The van der Waals surface area contributed by atoms with Crippen LogP contribution in [0.15, 0.2) is 34.9 Å². The predicted octanol–water partition coefficient (Wildman–Crippen LogP) is 2.80. The monoisotopic (exact) mass is 397 g/mol. The number of rotatable bonds is 5. The van der Waals surface area contributed by atoms with Crippen LogP contribution in [-0.2, 0) is 9.53 Å². The molecule has 0 radical (unpaired) electrons. The number of nitrogens with zero attached hydrogens (tertiary/aromatic N) is 2. The van der Waals surface area contributed by atoms with Gasteiger partial charge in [-0.3, -0.25) is 9.59 Å². The molecule has 4 rings (SSSR count). The summed E-state index contributed by atoms with van der Waals surface area (Å²) in [7, 11) is 0. The summed E-state index contributed by atoms with van der Waals surface area (Å²) in [6, 6.07) is 9.54. The minimum atomic E-state index is -0.197. The van der Waals surface area contributed by atoms with E-state index in [1.165, 1.54) is 0 Å². The van der Waals surface area contributed by atoms with Crippen molar-refractivity contribution < 1.29 is 18.8 Å². The van der Waals surface area contributed by atoms with Crippen molar-refractivity contribution in [3.05, 3.63) is 41.6 Å². The summed E-state index contributed by atoms with van der Waals surface area (Å²) in [6.07, 6.45) is 3.75. The lowest BCUT2D eigenvalue weighted by Crippen LogP contribution is -2.46. The van der Waals surface area contributed by atoms with Gasteiger partial charge in [-0.25, -0.2) is 0 Å². The fraction of sp³-hybridized carbons (Fsp3) is 0.500. The summed E-state index contributed by atoms with van der Waals surface area (Å²) >= 11 is 0. The Hall–Kier alpha value is -2.67. The van der Waals surface area contributed by atoms with Crippen molar-refractivity contribution in [1.29, 1.82) is 0 Å². The van der Waals surface area contributed by atoms with Crippen LogP contribution in [0.25, 0.3) is 11.3 Å². The molecule has 0 aliphatic carbocycles. The Morgan fingerprint density at radius 2 is 2.03 bits per heavy atom. The van der Waals surface area contributed by atoms with Crippen molar-refractivity contribution in [3.63, 3.8) is 0 Å². The molecule has 7 heteroatoms. The summed E-state index contributed by atoms with van der Waals surface area (Å²) in [5.41, 5.74) is 2.31. The Labute approximate surface area is 170 Å². The maximum Gasteiger partial charge on any atom is 0.276 e. The van der Waals surface area contributed by atoms with E-state index in [0.717, 1.165) is 43.4 Å². The second-order valence-electron chi connectivity index (χ2n) is 7.91. The van der Waals surface area contributed by atoms with Crippen LogP contribution in [-0.4, -0.2) is 54.2 Å². The number of benzene rings is 1. The third-order valence-corrected chi connectivity index (χ3v) is 5.67. The van der Waals surface area contributed by atoms with Crippen LogP contribution in [0.5, 0.6) is 0 Å². The number of hydrogen-bond donors (Lipinski definition) is 1. The lowest BCUT2D eigenvalue weighted by atomic mass is 9.96. The first-order valence-electron chi connectivity index (χ1n) is 10.3. The average molecular weight is 397 g/mol. The summed E-state index contributed by atoms with van der Waals surface area (Å²) in [5.74, 6) is 0.177. The van der Waals surface area contributed by atoms with Gasteiger partial charge in [0.05, 0.1) is 12.0 Å². The zero-order valence-corrected chi connectivity index (χ0v) is 16.7. The number of hydrogen-bond acceptors (Lipinski definition) is 5. The number of nitrogens with one attached hydrogen (secondary N) is 1. The highest BCUT2D eigenvalue weighted by atomic mass is 16.5. The normalized spacial score (nSPS) is 21.9. The van der Waals surface area contributed by atoms with Crippen LogP contribution < -0.4 is 5.32 Å². The molecule has 0 unspecified atom stereocenters. The van der Waals surface area contributed by atoms with Crippen molar-refractivity contribution in [2.45, 2.75) is 38.7 Å². The first-order chi connectivity index (χ1) is 14.1. The van der Waals surface area contributed by atoms with Crippen molar-refractivity contribution in [3.8, 4) is 11.3 Å². The smallest absolute Gasteiger partial charge is 0.276 e. The highest BCUT2D eigenvalue weighted by molar-refractivity contribution is 5.93. The van der Waals surface area contributed by atoms with E-state index in [2.05, 4.69) is 10.5 Å². The number of likely N-dealkylation sites (tertiary alicyclic amines) is 1. The molecule has 0 spiro atoms. The molecule has 7 nitrogen and oxygen atoms in total. The van der Waals surface area contributed by atoms with Crippen LogP contribution in [0, 0.1) is 12.8 Å². The summed E-state index contributed by atoms with van der Waals surface area (Å²) in [4.78, 5) is 27.1. The average Bonchev–Trinajstić information content (AvgIpc) is 3.44. The van der Waals surface area contributed by atoms with Gasteiger partial charge >= 0.3 is 0 Å². The maximum absolute atomic E-state index is 12.9. The van der Waals surface area contributed by atoms with E-state index < -0.39 is 0 Å². The first kappa shape index (κ1) is 19.6. The number of ether oxygens (including phenoxy) is 1. The van der Waals surface area contributed by atoms with Gasteiger partial charge in [0.15, 0.2) is 11.5 Å². The van der Waals surface area contributed by atoms with E-state index in [4.69, 9.17) is 9.26 Å². The molecule has 3 heterocycles. The molecule has 1 N–H and O–H groups in total. The molecular formula is C22H27N3O4. The van der Waals surface area contributed by atoms with E-state index in [9.17, 15) is 9.59 Å². The number of amides is 2. The quantitative estimate of drug-likeness (QED) is 0.839. The van der Waals surface area contributed by atoms with E-state index in [1.807, 2.05) is 31.2 Å². The predicted molar refractivity (Wildman–Crippen MR) is 107 cm³/mol. The van der Waals surface area contributed by atoms with Crippen molar-refractivity contribution in [2.24, 2.45) is 5.92 Å². The second kappa shape index (κ2) is 8.78. The van der Waals surface area contributed by atoms with Gasteiger partial charge in [0.2, 0.25) is 5.91 Å². The second-order valence-corrected chi connectivity index (χ2v) is 7.91. The lowest BCUT2D eigenvalue weighted by Gasteiger charge is -2.31. The van der Waals surface area contributed by atoms with E-state index in [-0.39, 0.29) is 29.5 Å². The third-order valence-electron chi connectivity index (χ3n) is 5.67. The molecule has 29 heavy (non-hydrogen) atoms. The van der Waals surface area contributed by atoms with Crippen molar-refractivity contribution in [2.75, 3.05) is 26.2 Å². The number of aryl methyl sites for hydroxylation is 1. The SMILES string of the molecule is Cc1ccc(-c2cc(C(=O)N3CCC[C@@H](C(=O)NC[C@@H]4CCCO4)C3)no2)cc1. The Morgan fingerprint density at radius 3 is 2.79 bits per heavy atom. The minimum absolute atomic E-state index is 0.00139. The summed E-state index contributed by atoms with van der Waals surface area (Å²) < 4.78 is 10.9. The van der Waals surface area contributed by atoms with Crippen LogP contribution in [0.2, 0.25) is 0 Å². The maximum atomic E-state index is 12.9. The topological polar surface area (TPSA) is 84.7 Å². The van der Waals surface area contributed by atoms with E-state index >= 15 is 0 Å². The molecule has 2 aliphatic rings. The first-order valence-corrected chi connectivity index (χ1v) is 10.3. The molecule has 2 aliphatic heterocycles. The molecule has 2 aromatic rings. The fourth-order valence-corrected chi connectivity index (χ4v) is 3.93. The number of carbonyl (C=O) groups is 2. The molecule has 1 aromatic carbocycles. The Morgan fingerprint density at radius 1 is 1.21 bits per heavy atom. The molecule has 2 saturated heterocycles. The number of piperidine rings is 1. The van der Waals surface area contributed by atoms with Crippen LogP contribution in [0.4, 0.5) is 0 Å². The molecule has 2 amide bonds. The minimum Gasteiger partial charge on any atom is -0.376 e. The zero-order valence-electron chi connectivity index (χ0n) is 16.7. The molecule has 0 bridgehead atoms. The Kier molecular flexibility index (Phi) is 5.94. The van der Waals surface area contributed by atoms with Gasteiger partial charge in [-0.2, -0.15) is 0 Å². The van der Waals surface area contributed by atoms with Gasteiger partial charge in [0, 0.05) is 37.9 Å². The fourth-order valence-electron chi connectivity index (χ4n) is 3.93. The Balaban J connectivity index is 1.36. The van der Waals surface area contributed by atoms with Gasteiger partial charge in [-0.15, -0.1) is 0 Å². The van der Waals surface area contributed by atoms with E-state index in [0.29, 0.717) is 25.4 Å². The molecule has 1 aromatic heterocycles. The summed E-state index contributed by atoms with van der Waals surface area (Å²) in [5, 5.41) is 6.95. The van der Waals surface area contributed by atoms with Crippen LogP contribution in [0.1, 0.15) is 41.7 Å². The van der Waals surface area contributed by atoms with Crippen LogP contribution >= 0.6 is 0 Å². The Bertz CT molecular complexity index is 855. The molecule has 2 fully saturated rings. The van der Waals surface area contributed by atoms with Gasteiger partial charge < -0.3 is 19.5 Å². The van der Waals surface area contributed by atoms with Crippen molar-refractivity contribution >= 4 is 11.8 Å². The molecule has 154 valence electrons. The van der Waals surface area contributed by atoms with Gasteiger partial charge in [-0.05, 0) is 32.6 Å². The molecular weight excluding hydrogens is 370 g/mol. The van der Waals surface area contributed by atoms with Crippen LogP contribution in [0.3, 0.4) is 0 Å². The standard InChI is InChI=1S/C22H27N3O4/c1-15-6-8-16(9-7-15)20-12-19(24-29-20)22(27)25-10-2-4-17(14-25)21(26)23-13-18-5-3-11-28-18/h6-9,12,17-18H,2-5,10-11,13-14H2,1H3,(H,23,26)/t17-,18+/m1/s1. The largest absolute Gasteiger partial charge is 0.376 e. The van der Waals surface area contributed by atoms with Gasteiger partial charge in [0.1, 0.15) is 0 Å². The lowest BCUT2D eigenvalue weighted by molar-refractivity contribution is -0.126. The number of aromatic nitrogens is 1. The molecule has 0 saturated carbocycles. The van der Waals surface area contributed by atoms with Gasteiger partial charge in [0.25, 0.3) is 5.91 Å². The highest BCUT2D eigenvalue weighted by Gasteiger charge is 2.30.